The lowest BCUT2D eigenvalue weighted by Gasteiger charge is -2.33. The van der Waals surface area contributed by atoms with Gasteiger partial charge in [0.25, 0.3) is 0 Å². The summed E-state index contributed by atoms with van der Waals surface area (Å²) < 4.78 is 0. The maximum atomic E-state index is 13.1. The normalized spacial score (nSPS) is 12.4. The summed E-state index contributed by atoms with van der Waals surface area (Å²) in [5.74, 6) is -3.48. The highest BCUT2D eigenvalue weighted by Gasteiger charge is 2.38. The van der Waals surface area contributed by atoms with Crippen molar-refractivity contribution in [2.45, 2.75) is 97.8 Å². The Kier molecular flexibility index (Phi) is 14.3. The first kappa shape index (κ1) is 36.3. The van der Waals surface area contributed by atoms with E-state index in [1.54, 1.807) is 13.8 Å². The Balaban J connectivity index is 5.26. The van der Waals surface area contributed by atoms with Gasteiger partial charge in [0, 0.05) is 6.54 Å². The average molecular weight is 570 g/mol. The third kappa shape index (κ3) is 12.9. The Bertz CT molecular complexity index is 946. The quantitative estimate of drug-likeness (QED) is 0.104. The molecule has 0 aromatic heterocycles. The van der Waals surface area contributed by atoms with Gasteiger partial charge in [0.1, 0.15) is 22.7 Å². The molecule has 0 aromatic carbocycles. The van der Waals surface area contributed by atoms with E-state index in [1.807, 2.05) is 20.8 Å². The highest BCUT2D eigenvalue weighted by Crippen LogP contribution is 2.11. The maximum absolute atomic E-state index is 13.1. The van der Waals surface area contributed by atoms with Gasteiger partial charge in [-0.05, 0) is 60.3 Å². The van der Waals surface area contributed by atoms with E-state index < -0.39 is 58.7 Å². The molecule has 0 aliphatic carbocycles. The molecule has 7 amide bonds. The van der Waals surface area contributed by atoms with Gasteiger partial charge >= 0.3 is 0 Å². The molecule has 0 saturated heterocycles. The Morgan fingerprint density at radius 2 is 1.23 bits per heavy atom. The first-order chi connectivity index (χ1) is 18.3. The Labute approximate surface area is 236 Å². The molecule has 0 rings (SSSR count). The number of amides is 7. The summed E-state index contributed by atoms with van der Waals surface area (Å²) in [4.78, 5) is 85.8. The van der Waals surface area contributed by atoms with Crippen LogP contribution in [0.5, 0.6) is 0 Å². The molecule has 7 N–H and O–H groups in total. The molecule has 14 heteroatoms. The van der Waals surface area contributed by atoms with Gasteiger partial charge in [-0.1, -0.05) is 20.8 Å². The molecule has 0 aliphatic rings. The van der Waals surface area contributed by atoms with Crippen molar-refractivity contribution in [1.29, 1.82) is 0 Å². The minimum absolute atomic E-state index is 0.00195. The highest BCUT2D eigenvalue weighted by molar-refractivity contribution is 5.98. The van der Waals surface area contributed by atoms with Crippen molar-refractivity contribution in [2.75, 3.05) is 19.6 Å². The molecule has 0 unspecified atom stereocenters. The molecule has 228 valence electrons. The summed E-state index contributed by atoms with van der Waals surface area (Å²) in [6.07, 6.45) is 1.33. The van der Waals surface area contributed by atoms with Gasteiger partial charge in [-0.2, -0.15) is 0 Å². The highest BCUT2D eigenvalue weighted by atomic mass is 16.2. The third-order valence-electron chi connectivity index (χ3n) is 5.67. The van der Waals surface area contributed by atoms with Crippen LogP contribution >= 0.6 is 0 Å². The van der Waals surface area contributed by atoms with E-state index in [4.69, 9.17) is 0 Å². The Morgan fingerprint density at radius 3 is 1.75 bits per heavy atom. The zero-order valence-corrected chi connectivity index (χ0v) is 25.1. The molecule has 0 radical (unpaired) electrons. The number of nitrogens with one attached hydrogen (secondary N) is 7. The largest absolute Gasteiger partial charge is 0.354 e. The standard InChI is InChI=1S/C26H47N7O7/c1-10-11-28-21(38)25(6,7)33-23(40)26(8,9)32-20(37)17(12-16(2)3)30-18(35)14-29-22(39)24(4,5)31-19(36)13-27-15-34/h15-17H,10-14H2,1-9H3,(H,27,34)(H,28,38)(H,29,39)(H,30,35)(H,31,36)(H,32,37)(H,33,40)/t17-/m0/s1. The van der Waals surface area contributed by atoms with Crippen LogP contribution in [-0.4, -0.2) is 84.1 Å². The Morgan fingerprint density at radius 1 is 0.700 bits per heavy atom. The lowest BCUT2D eigenvalue weighted by Crippen LogP contribution is -2.64. The van der Waals surface area contributed by atoms with Crippen LogP contribution in [0, 0.1) is 5.92 Å². The molecule has 14 nitrogen and oxygen atoms in total. The monoisotopic (exact) mass is 569 g/mol. The van der Waals surface area contributed by atoms with E-state index in [-0.39, 0.29) is 24.8 Å². The predicted octanol–water partition coefficient (Wildman–Crippen LogP) is -1.41. The van der Waals surface area contributed by atoms with Gasteiger partial charge in [-0.15, -0.1) is 0 Å². The average Bonchev–Trinajstić information content (AvgIpc) is 2.82. The fourth-order valence-corrected chi connectivity index (χ4v) is 3.32. The smallest absolute Gasteiger partial charge is 0.246 e. The minimum atomic E-state index is -1.42. The summed E-state index contributed by atoms with van der Waals surface area (Å²) in [5, 5.41) is 17.6. The second kappa shape index (κ2) is 15.8. The first-order valence-electron chi connectivity index (χ1n) is 13.3. The molecule has 40 heavy (non-hydrogen) atoms. The number of carbonyl (C=O) groups excluding carboxylic acids is 7. The maximum Gasteiger partial charge on any atom is 0.246 e. The van der Waals surface area contributed by atoms with Crippen molar-refractivity contribution in [2.24, 2.45) is 5.92 Å². The van der Waals surface area contributed by atoms with Gasteiger partial charge in [-0.25, -0.2) is 0 Å². The fourth-order valence-electron chi connectivity index (χ4n) is 3.32. The molecule has 0 bridgehead atoms. The van der Waals surface area contributed by atoms with Gasteiger partial charge in [0.15, 0.2) is 0 Å². The van der Waals surface area contributed by atoms with E-state index in [1.165, 1.54) is 27.7 Å². The summed E-state index contributed by atoms with van der Waals surface area (Å²) in [5.41, 5.74) is -4.03. The van der Waals surface area contributed by atoms with Crippen molar-refractivity contribution in [3.63, 3.8) is 0 Å². The lowest BCUT2D eigenvalue weighted by molar-refractivity contribution is -0.138. The van der Waals surface area contributed by atoms with E-state index in [2.05, 4.69) is 37.2 Å². The van der Waals surface area contributed by atoms with E-state index in [0.29, 0.717) is 13.0 Å². The molecule has 1 atom stereocenters. The van der Waals surface area contributed by atoms with Crippen LogP contribution < -0.4 is 37.2 Å². The SMILES string of the molecule is CCCNC(=O)C(C)(C)NC(=O)C(C)(C)NC(=O)[C@H](CC(C)C)NC(=O)CNC(=O)C(C)(C)NC(=O)CNC=O. The molecule has 0 saturated carbocycles. The molecule has 0 heterocycles. The molecular weight excluding hydrogens is 522 g/mol. The van der Waals surface area contributed by atoms with Crippen molar-refractivity contribution in [1.82, 2.24) is 37.2 Å². The van der Waals surface area contributed by atoms with Crippen LogP contribution in [0.3, 0.4) is 0 Å². The van der Waals surface area contributed by atoms with Crippen LogP contribution in [0.2, 0.25) is 0 Å². The van der Waals surface area contributed by atoms with E-state index in [0.717, 1.165) is 6.42 Å². The summed E-state index contributed by atoms with van der Waals surface area (Å²) in [7, 11) is 0. The first-order valence-corrected chi connectivity index (χ1v) is 13.3. The number of carbonyl (C=O) groups is 7. The predicted molar refractivity (Wildman–Crippen MR) is 148 cm³/mol. The third-order valence-corrected chi connectivity index (χ3v) is 5.67. The van der Waals surface area contributed by atoms with Crippen LogP contribution in [0.25, 0.3) is 0 Å². The zero-order chi connectivity index (χ0) is 31.3. The lowest BCUT2D eigenvalue weighted by atomic mass is 9.97. The topological polar surface area (TPSA) is 204 Å². The van der Waals surface area contributed by atoms with Crippen molar-refractivity contribution in [3.8, 4) is 0 Å². The van der Waals surface area contributed by atoms with Crippen molar-refractivity contribution < 1.29 is 33.6 Å². The summed E-state index contributed by atoms with van der Waals surface area (Å²) in [6.45, 7) is 14.2. The van der Waals surface area contributed by atoms with Gasteiger partial charge in [0.05, 0.1) is 13.1 Å². The van der Waals surface area contributed by atoms with Crippen LogP contribution in [-0.2, 0) is 33.6 Å². The summed E-state index contributed by atoms with van der Waals surface area (Å²) in [6, 6.07) is -1.01. The second-order valence-electron chi connectivity index (χ2n) is 11.6. The van der Waals surface area contributed by atoms with Gasteiger partial charge in [0.2, 0.25) is 41.9 Å². The fraction of sp³-hybridized carbons (Fsp3) is 0.731. The number of hydrogen-bond acceptors (Lipinski definition) is 7. The molecule has 0 spiro atoms. The summed E-state index contributed by atoms with van der Waals surface area (Å²) >= 11 is 0. The van der Waals surface area contributed by atoms with E-state index in [9.17, 15) is 33.6 Å². The molecule has 0 aliphatic heterocycles. The zero-order valence-electron chi connectivity index (χ0n) is 25.1. The van der Waals surface area contributed by atoms with Crippen molar-refractivity contribution >= 4 is 41.9 Å². The van der Waals surface area contributed by atoms with Crippen LogP contribution in [0.15, 0.2) is 0 Å². The number of hydrogen-bond donors (Lipinski definition) is 7. The van der Waals surface area contributed by atoms with Crippen molar-refractivity contribution in [3.05, 3.63) is 0 Å². The van der Waals surface area contributed by atoms with Crippen LogP contribution in [0.1, 0.15) is 75.2 Å². The Hall–Kier alpha value is -3.71. The molecular formula is C26H47N7O7. The van der Waals surface area contributed by atoms with Gasteiger partial charge in [-0.3, -0.25) is 33.6 Å². The number of rotatable bonds is 17. The molecule has 0 aromatic rings. The molecule has 0 fully saturated rings. The van der Waals surface area contributed by atoms with Crippen LogP contribution in [0.4, 0.5) is 0 Å². The van der Waals surface area contributed by atoms with E-state index >= 15 is 0 Å². The second-order valence-corrected chi connectivity index (χ2v) is 11.6. The van der Waals surface area contributed by atoms with Gasteiger partial charge < -0.3 is 37.2 Å². The minimum Gasteiger partial charge on any atom is -0.354 e.